The van der Waals surface area contributed by atoms with Gasteiger partial charge < -0.3 is 18.6 Å². The Balaban J connectivity index is 1.00. The number of para-hydroxylation sites is 4. The number of nitrogens with zero attached hydrogens (tertiary/aromatic N) is 4. The highest BCUT2D eigenvalue weighted by Crippen LogP contribution is 2.55. The van der Waals surface area contributed by atoms with Gasteiger partial charge in [-0.05, 0) is 113 Å². The van der Waals surface area contributed by atoms with Crippen molar-refractivity contribution in [2.75, 3.05) is 9.80 Å². The summed E-state index contributed by atoms with van der Waals surface area (Å²) in [6.07, 6.45) is 0. The van der Waals surface area contributed by atoms with E-state index in [0.29, 0.717) is 0 Å². The first kappa shape index (κ1) is 46.9. The SMILES string of the molecule is Cc1ccccc1N(c1cccc(-c2ccccc2)c1)c1ccc2c3cccc4c5c(-c6ccccc6)c6c(c(-c7ccccc7)c5n(c2c1)c34)c1cccc2c3ccc(N(c4ccccc4)c4cccc(-c5ccccc5)c4)cc3n6c21. The lowest BCUT2D eigenvalue weighted by molar-refractivity contribution is 1.25. The molecule has 4 nitrogen and oxygen atoms in total. The lowest BCUT2D eigenvalue weighted by Crippen LogP contribution is -2.11. The topological polar surface area (TPSA) is 15.3 Å². The van der Waals surface area contributed by atoms with Crippen LogP contribution in [0.25, 0.3) is 121 Å². The number of aromatic nitrogens is 2. The zero-order chi connectivity index (χ0) is 54.7. The van der Waals surface area contributed by atoms with Gasteiger partial charge in [0, 0.05) is 88.3 Å². The molecule has 0 saturated heterocycles. The zero-order valence-electron chi connectivity index (χ0n) is 45.6. The summed E-state index contributed by atoms with van der Waals surface area (Å²) in [5.74, 6) is 0. The molecule has 4 heterocycles. The van der Waals surface area contributed by atoms with Crippen LogP contribution in [0.5, 0.6) is 0 Å². The van der Waals surface area contributed by atoms with Gasteiger partial charge in [0.2, 0.25) is 0 Å². The number of fused-ring (bicyclic) bond motifs is 12. The molecule has 83 heavy (non-hydrogen) atoms. The van der Waals surface area contributed by atoms with E-state index >= 15 is 0 Å². The Bertz CT molecular complexity index is 5320. The monoisotopic (exact) mass is 1060 g/mol. The Kier molecular flexibility index (Phi) is 10.5. The number of rotatable bonds is 10. The van der Waals surface area contributed by atoms with Crippen molar-refractivity contribution in [1.29, 1.82) is 0 Å². The maximum Gasteiger partial charge on any atom is 0.0634 e. The minimum absolute atomic E-state index is 1.09. The van der Waals surface area contributed by atoms with Crippen LogP contribution in [0, 0.1) is 6.92 Å². The number of anilines is 6. The Morgan fingerprint density at radius 2 is 0.602 bits per heavy atom. The van der Waals surface area contributed by atoms with Gasteiger partial charge in [0.1, 0.15) is 0 Å². The molecule has 0 radical (unpaired) electrons. The summed E-state index contributed by atoms with van der Waals surface area (Å²) in [6, 6.07) is 110. The fourth-order valence-electron chi connectivity index (χ4n) is 13.9. The average Bonchev–Trinajstić information content (AvgIpc) is 1.59. The molecule has 0 saturated carbocycles. The standard InChI is InChI=1S/C79H52N4/c1-51-23-17-18-42-69(51)81(60-37-20-33-57(48-60)53-26-9-3-10-27-53)62-44-46-64-66-39-22-41-68-75-72(54-28-11-4-12-29-54)78-74(73(55-30-13-5-14-31-55)79(75)83(77(66)68)71(64)50-62)67-40-21-38-65-63-45-43-61(49-70(63)82(78)76(65)67)80(58-34-15-6-16-35-58)59-36-19-32-56(47-59)52-24-7-2-8-25-52/h2-50H,1H3. The summed E-state index contributed by atoms with van der Waals surface area (Å²) < 4.78 is 5.26. The molecule has 0 fully saturated rings. The molecular weight excluding hydrogens is 1000 g/mol. The maximum atomic E-state index is 2.63. The van der Waals surface area contributed by atoms with Crippen LogP contribution in [0.1, 0.15) is 5.56 Å². The molecule has 13 aromatic carbocycles. The highest BCUT2D eigenvalue weighted by molar-refractivity contribution is 6.38. The molecule has 0 aliphatic rings. The lowest BCUT2D eigenvalue weighted by atomic mass is 9.89. The maximum absolute atomic E-state index is 2.63. The quantitative estimate of drug-likeness (QED) is 0.136. The van der Waals surface area contributed by atoms with Crippen molar-refractivity contribution in [2.24, 2.45) is 0 Å². The number of aryl methyl sites for hydroxylation is 1. The molecule has 17 aromatic rings. The van der Waals surface area contributed by atoms with Crippen LogP contribution in [-0.2, 0) is 0 Å². The number of hydrogen-bond donors (Lipinski definition) is 0. The van der Waals surface area contributed by atoms with Crippen LogP contribution < -0.4 is 9.80 Å². The van der Waals surface area contributed by atoms with Crippen LogP contribution in [0.3, 0.4) is 0 Å². The van der Waals surface area contributed by atoms with Crippen LogP contribution in [0.4, 0.5) is 34.1 Å². The second-order valence-electron chi connectivity index (χ2n) is 22.0. The van der Waals surface area contributed by atoms with E-state index in [4.69, 9.17) is 0 Å². The van der Waals surface area contributed by atoms with Gasteiger partial charge in [0.05, 0.1) is 33.1 Å². The lowest BCUT2D eigenvalue weighted by Gasteiger charge is -2.27. The molecule has 0 atom stereocenters. The Hall–Kier alpha value is -10.9. The second-order valence-corrected chi connectivity index (χ2v) is 22.0. The summed E-state index contributed by atoms with van der Waals surface area (Å²) in [5.41, 5.74) is 24.6. The second kappa shape index (κ2) is 18.6. The van der Waals surface area contributed by atoms with E-state index in [1.807, 2.05) is 0 Å². The van der Waals surface area contributed by atoms with E-state index in [2.05, 4.69) is 323 Å². The summed E-state index contributed by atoms with van der Waals surface area (Å²) in [5, 5.41) is 9.89. The first-order valence-electron chi connectivity index (χ1n) is 28.7. The fourth-order valence-corrected chi connectivity index (χ4v) is 13.9. The molecule has 0 N–H and O–H groups in total. The molecule has 17 rings (SSSR count). The molecule has 388 valence electrons. The normalized spacial score (nSPS) is 11.9. The van der Waals surface area contributed by atoms with Gasteiger partial charge >= 0.3 is 0 Å². The first-order valence-corrected chi connectivity index (χ1v) is 28.7. The molecule has 0 spiro atoms. The van der Waals surface area contributed by atoms with Crippen molar-refractivity contribution < 1.29 is 0 Å². The molecule has 0 aliphatic heterocycles. The highest BCUT2D eigenvalue weighted by atomic mass is 15.2. The predicted octanol–water partition coefficient (Wildman–Crippen LogP) is 21.9. The molecule has 4 heteroatoms. The van der Waals surface area contributed by atoms with Crippen LogP contribution in [-0.4, -0.2) is 8.80 Å². The molecule has 0 bridgehead atoms. The van der Waals surface area contributed by atoms with Gasteiger partial charge in [-0.3, -0.25) is 0 Å². The van der Waals surface area contributed by atoms with Crippen molar-refractivity contribution >= 4 is 110 Å². The molecule has 0 aliphatic carbocycles. The minimum Gasteiger partial charge on any atom is -0.310 e. The summed E-state index contributed by atoms with van der Waals surface area (Å²) in [6.45, 7) is 2.22. The van der Waals surface area contributed by atoms with Crippen LogP contribution >= 0.6 is 0 Å². The summed E-state index contributed by atoms with van der Waals surface area (Å²) in [4.78, 5) is 4.86. The first-order chi connectivity index (χ1) is 41.1. The van der Waals surface area contributed by atoms with E-state index in [9.17, 15) is 0 Å². The molecule has 0 unspecified atom stereocenters. The Morgan fingerprint density at radius 1 is 0.241 bits per heavy atom. The van der Waals surface area contributed by atoms with Gasteiger partial charge in [-0.1, -0.05) is 231 Å². The third-order valence-corrected chi connectivity index (χ3v) is 17.4. The molecule has 4 aromatic heterocycles. The highest BCUT2D eigenvalue weighted by Gasteiger charge is 2.31. The van der Waals surface area contributed by atoms with Crippen molar-refractivity contribution in [2.45, 2.75) is 6.92 Å². The smallest absolute Gasteiger partial charge is 0.0634 e. The number of hydrogen-bond acceptors (Lipinski definition) is 2. The van der Waals surface area contributed by atoms with Gasteiger partial charge in [0.25, 0.3) is 0 Å². The van der Waals surface area contributed by atoms with E-state index in [1.165, 1.54) is 126 Å². The van der Waals surface area contributed by atoms with Crippen LogP contribution in [0.15, 0.2) is 297 Å². The summed E-state index contributed by atoms with van der Waals surface area (Å²) in [7, 11) is 0. The van der Waals surface area contributed by atoms with Gasteiger partial charge in [0.15, 0.2) is 0 Å². The van der Waals surface area contributed by atoms with E-state index in [1.54, 1.807) is 0 Å². The zero-order valence-corrected chi connectivity index (χ0v) is 45.6. The third kappa shape index (κ3) is 7.13. The van der Waals surface area contributed by atoms with Gasteiger partial charge in [-0.15, -0.1) is 0 Å². The number of benzene rings is 13. The third-order valence-electron chi connectivity index (χ3n) is 17.4. The average molecular weight is 1060 g/mol. The van der Waals surface area contributed by atoms with Crippen molar-refractivity contribution in [1.82, 2.24) is 8.80 Å². The fraction of sp³-hybridized carbons (Fsp3) is 0.0127. The van der Waals surface area contributed by atoms with Crippen LogP contribution in [0.2, 0.25) is 0 Å². The largest absolute Gasteiger partial charge is 0.310 e. The minimum atomic E-state index is 1.09. The van der Waals surface area contributed by atoms with Gasteiger partial charge in [-0.2, -0.15) is 0 Å². The predicted molar refractivity (Wildman–Crippen MR) is 352 cm³/mol. The Labute approximate surface area is 480 Å². The summed E-state index contributed by atoms with van der Waals surface area (Å²) >= 11 is 0. The Morgan fingerprint density at radius 3 is 1.08 bits per heavy atom. The van der Waals surface area contributed by atoms with E-state index in [0.717, 1.165) is 34.1 Å². The van der Waals surface area contributed by atoms with E-state index in [-0.39, 0.29) is 0 Å². The van der Waals surface area contributed by atoms with Crippen molar-refractivity contribution in [3.8, 4) is 44.5 Å². The molecule has 0 amide bonds. The van der Waals surface area contributed by atoms with E-state index < -0.39 is 0 Å². The molecular formula is C79H52N4. The van der Waals surface area contributed by atoms with Gasteiger partial charge in [-0.25, -0.2) is 0 Å². The van der Waals surface area contributed by atoms with Crippen molar-refractivity contribution in [3.05, 3.63) is 303 Å². The van der Waals surface area contributed by atoms with Crippen molar-refractivity contribution in [3.63, 3.8) is 0 Å².